The minimum absolute atomic E-state index is 0.112. The Morgan fingerprint density at radius 1 is 1.39 bits per heavy atom. The fourth-order valence-corrected chi connectivity index (χ4v) is 4.77. The van der Waals surface area contributed by atoms with Crippen molar-refractivity contribution in [3.8, 4) is 0 Å². The third-order valence-corrected chi connectivity index (χ3v) is 6.17. The highest BCUT2D eigenvalue weighted by Gasteiger charge is 2.43. The van der Waals surface area contributed by atoms with Crippen LogP contribution in [-0.4, -0.2) is 29.7 Å². The van der Waals surface area contributed by atoms with Gasteiger partial charge in [0.15, 0.2) is 0 Å². The van der Waals surface area contributed by atoms with Gasteiger partial charge in [-0.25, -0.2) is 9.78 Å². The topological polar surface area (TPSA) is 90.9 Å². The summed E-state index contributed by atoms with van der Waals surface area (Å²) in [5.41, 5.74) is 7.33. The summed E-state index contributed by atoms with van der Waals surface area (Å²) in [5.74, 6) is 0. The van der Waals surface area contributed by atoms with Crippen LogP contribution in [0.2, 0.25) is 0 Å². The molecule has 0 radical (unpaired) electrons. The number of thiophene rings is 1. The maximum absolute atomic E-state index is 11.3. The molecule has 3 aliphatic rings. The van der Waals surface area contributed by atoms with E-state index in [4.69, 9.17) is 15.5 Å². The third kappa shape index (κ3) is 2.41. The Morgan fingerprint density at radius 3 is 2.83 bits per heavy atom. The van der Waals surface area contributed by atoms with E-state index in [0.717, 1.165) is 42.7 Å². The fraction of sp³-hybridized carbons (Fsp3) is 0.600. The molecule has 2 aliphatic heterocycles. The molecule has 2 fully saturated rings. The third-order valence-electron chi connectivity index (χ3n) is 5.23. The highest BCUT2D eigenvalue weighted by molar-refractivity contribution is 7.11. The van der Waals surface area contributed by atoms with E-state index in [1.165, 1.54) is 11.3 Å². The van der Waals surface area contributed by atoms with Gasteiger partial charge in [0.05, 0.1) is 22.1 Å². The van der Waals surface area contributed by atoms with Crippen molar-refractivity contribution < 1.29 is 14.7 Å². The van der Waals surface area contributed by atoms with Gasteiger partial charge in [-0.1, -0.05) is 0 Å². The Hall–Kier alpha value is -1.64. The molecule has 1 aromatic heterocycles. The van der Waals surface area contributed by atoms with E-state index in [2.05, 4.69) is 4.90 Å². The minimum Gasteiger partial charge on any atom is -0.392 e. The van der Waals surface area contributed by atoms with Crippen LogP contribution >= 0.6 is 11.3 Å². The number of hydrogen-bond acceptors (Lipinski definition) is 7. The zero-order valence-electron chi connectivity index (χ0n) is 12.7. The zero-order valence-corrected chi connectivity index (χ0v) is 13.5. The van der Waals surface area contributed by atoms with Crippen LogP contribution in [0.1, 0.15) is 37.0 Å². The largest absolute Gasteiger partial charge is 0.392 e. The first-order chi connectivity index (χ1) is 11.1. The molecule has 4 rings (SSSR count). The molecule has 0 unspecified atom stereocenters. The van der Waals surface area contributed by atoms with Gasteiger partial charge in [-0.3, -0.25) is 10.1 Å². The van der Waals surface area contributed by atoms with E-state index in [1.807, 2.05) is 11.4 Å². The number of hydrogen-bond donors (Lipinski definition) is 1. The highest BCUT2D eigenvalue weighted by Crippen LogP contribution is 2.44. The number of rotatable bonds is 2. The van der Waals surface area contributed by atoms with Gasteiger partial charge in [0, 0.05) is 12.5 Å². The molecule has 0 atom stereocenters. The molecule has 1 aliphatic carbocycles. The second kappa shape index (κ2) is 5.47. The lowest BCUT2D eigenvalue weighted by Gasteiger charge is -2.41. The molecule has 1 spiro atoms. The van der Waals surface area contributed by atoms with Gasteiger partial charge in [0.1, 0.15) is 17.8 Å². The Labute approximate surface area is 137 Å². The summed E-state index contributed by atoms with van der Waals surface area (Å²) in [5, 5.41) is 13.3. The molecule has 7 nitrogen and oxygen atoms in total. The summed E-state index contributed by atoms with van der Waals surface area (Å²) in [6.45, 7) is 0.936. The van der Waals surface area contributed by atoms with E-state index in [9.17, 15) is 10.1 Å². The summed E-state index contributed by atoms with van der Waals surface area (Å²) in [7, 11) is 0. The second-order valence-corrected chi connectivity index (χ2v) is 7.37. The van der Waals surface area contributed by atoms with Crippen molar-refractivity contribution in [2.24, 2.45) is 5.73 Å². The van der Waals surface area contributed by atoms with Crippen LogP contribution in [0.25, 0.3) is 5.70 Å². The van der Waals surface area contributed by atoms with Gasteiger partial charge >= 0.3 is 0 Å². The summed E-state index contributed by atoms with van der Waals surface area (Å²) in [6.07, 6.45) is 4.70. The second-order valence-electron chi connectivity index (χ2n) is 6.45. The Morgan fingerprint density at radius 2 is 2.17 bits per heavy atom. The van der Waals surface area contributed by atoms with Crippen LogP contribution in [-0.2, 0) is 9.78 Å². The summed E-state index contributed by atoms with van der Waals surface area (Å²) >= 11 is 1.47. The maximum Gasteiger partial charge on any atom is 0.289 e. The van der Waals surface area contributed by atoms with Gasteiger partial charge < -0.3 is 10.6 Å². The monoisotopic (exact) mass is 337 g/mol. The van der Waals surface area contributed by atoms with Crippen molar-refractivity contribution in [2.45, 2.75) is 43.7 Å². The van der Waals surface area contributed by atoms with Crippen LogP contribution < -0.4 is 10.6 Å². The molecule has 8 heteroatoms. The molecule has 0 amide bonds. The lowest BCUT2D eigenvalue weighted by Crippen LogP contribution is -2.46. The van der Waals surface area contributed by atoms with Gasteiger partial charge in [0.25, 0.3) is 5.70 Å². The van der Waals surface area contributed by atoms with Crippen molar-refractivity contribution in [1.29, 1.82) is 0 Å². The number of nitro groups is 1. The quantitative estimate of drug-likeness (QED) is 0.506. The van der Waals surface area contributed by atoms with Gasteiger partial charge in [-0.2, -0.15) is 0 Å². The molecular weight excluding hydrogens is 318 g/mol. The molecule has 2 N–H and O–H groups in total. The normalized spacial score (nSPS) is 30.8. The highest BCUT2D eigenvalue weighted by atomic mass is 32.1. The summed E-state index contributed by atoms with van der Waals surface area (Å²) in [6, 6.07) is 2.30. The molecule has 0 bridgehead atoms. The Bertz CT molecular complexity index is 655. The summed E-state index contributed by atoms with van der Waals surface area (Å²) in [4.78, 5) is 24.6. The van der Waals surface area contributed by atoms with Crippen LogP contribution in [0.4, 0.5) is 5.69 Å². The summed E-state index contributed by atoms with van der Waals surface area (Å²) < 4.78 is 0. The van der Waals surface area contributed by atoms with Gasteiger partial charge in [-0.15, -0.1) is 11.3 Å². The van der Waals surface area contributed by atoms with Crippen molar-refractivity contribution in [1.82, 2.24) is 0 Å². The molecule has 1 saturated heterocycles. The molecule has 3 heterocycles. The van der Waals surface area contributed by atoms with Crippen LogP contribution in [0.3, 0.4) is 0 Å². The van der Waals surface area contributed by atoms with Crippen LogP contribution in [0, 0.1) is 10.1 Å². The average molecular weight is 337 g/mol. The molecule has 1 aromatic rings. The van der Waals surface area contributed by atoms with E-state index in [0.29, 0.717) is 12.3 Å². The van der Waals surface area contributed by atoms with E-state index >= 15 is 0 Å². The lowest BCUT2D eigenvalue weighted by atomic mass is 9.79. The predicted molar refractivity (Wildman–Crippen MR) is 86.4 cm³/mol. The molecule has 1 saturated carbocycles. The first-order valence-electron chi connectivity index (χ1n) is 7.88. The van der Waals surface area contributed by atoms with E-state index < -0.39 is 0 Å². The Balaban J connectivity index is 1.57. The van der Waals surface area contributed by atoms with Crippen molar-refractivity contribution in [2.75, 3.05) is 18.1 Å². The zero-order chi connectivity index (χ0) is 16.0. The molecule has 0 aromatic carbocycles. The number of fused-ring (bicyclic) bond motifs is 1. The number of nitrogens with two attached hydrogens (primary N) is 1. The van der Waals surface area contributed by atoms with Gasteiger partial charge in [0.2, 0.25) is 0 Å². The number of anilines is 1. The van der Waals surface area contributed by atoms with Crippen LogP contribution in [0.5, 0.6) is 0 Å². The lowest BCUT2D eigenvalue weighted by molar-refractivity contribution is -0.424. The molecule has 23 heavy (non-hydrogen) atoms. The first-order valence-corrected chi connectivity index (χ1v) is 8.76. The SMILES string of the molecule is NC1=C([N+](=O)[O-])CN(C2CCC3(CCOO3)CC2)c2ccsc21. The Kier molecular flexibility index (Phi) is 3.55. The minimum atomic E-state index is -0.344. The predicted octanol–water partition coefficient (Wildman–Crippen LogP) is 2.51. The average Bonchev–Trinajstić information content (AvgIpc) is 3.19. The van der Waals surface area contributed by atoms with Crippen molar-refractivity contribution in [3.63, 3.8) is 0 Å². The fourth-order valence-electron chi connectivity index (χ4n) is 3.88. The van der Waals surface area contributed by atoms with E-state index in [1.54, 1.807) is 0 Å². The molecule has 124 valence electrons. The van der Waals surface area contributed by atoms with E-state index in [-0.39, 0.29) is 28.8 Å². The smallest absolute Gasteiger partial charge is 0.289 e. The maximum atomic E-state index is 11.3. The first kappa shape index (κ1) is 14.9. The van der Waals surface area contributed by atoms with Crippen LogP contribution in [0.15, 0.2) is 17.1 Å². The molecular formula is C15H19N3O4S. The number of nitrogens with zero attached hydrogens (tertiary/aromatic N) is 2. The standard InChI is InChI=1S/C15H19N3O4S/c16-13-12(18(19)20)9-17(11-3-8-23-14(11)13)10-1-4-15(5-2-10)6-7-21-22-15/h3,8,10H,1-2,4-7,9,16H2. The van der Waals surface area contributed by atoms with Gasteiger partial charge in [-0.05, 0) is 37.1 Å². The van der Waals surface area contributed by atoms with Crippen molar-refractivity contribution in [3.05, 3.63) is 32.1 Å². The van der Waals surface area contributed by atoms with Crippen molar-refractivity contribution >= 4 is 22.7 Å².